The minimum Gasteiger partial charge on any atom is -0.497 e. The molecule has 2 rings (SSSR count). The lowest BCUT2D eigenvalue weighted by molar-refractivity contribution is -0.0505. The van der Waals surface area contributed by atoms with Crippen LogP contribution in [-0.2, 0) is 6.54 Å². The molecule has 0 spiro atoms. The number of rotatable bonds is 9. The molecule has 0 saturated carbocycles. The summed E-state index contributed by atoms with van der Waals surface area (Å²) in [6, 6.07) is 5.18. The van der Waals surface area contributed by atoms with Crippen LogP contribution in [-0.4, -0.2) is 56.8 Å². The number of aliphatic imine (C=N–C) groups is 1. The number of likely N-dealkylation sites (tertiary alicyclic amines) is 1. The average molecular weight is 411 g/mol. The van der Waals surface area contributed by atoms with E-state index in [4.69, 9.17) is 4.74 Å². The summed E-state index contributed by atoms with van der Waals surface area (Å²) >= 11 is 0. The molecule has 0 aliphatic carbocycles. The van der Waals surface area contributed by atoms with E-state index >= 15 is 0 Å². The summed E-state index contributed by atoms with van der Waals surface area (Å²) in [5, 5.41) is 6.68. The van der Waals surface area contributed by atoms with E-state index in [2.05, 4.69) is 31.8 Å². The van der Waals surface area contributed by atoms with E-state index in [0.717, 1.165) is 32.5 Å². The van der Waals surface area contributed by atoms with Crippen LogP contribution in [0.2, 0.25) is 0 Å². The molecule has 6 nitrogen and oxygen atoms in total. The third-order valence-electron chi connectivity index (χ3n) is 4.66. The quantitative estimate of drug-likeness (QED) is 0.371. The van der Waals surface area contributed by atoms with Crippen molar-refractivity contribution in [2.24, 2.45) is 4.99 Å². The van der Waals surface area contributed by atoms with Gasteiger partial charge in [0.15, 0.2) is 5.96 Å². The van der Waals surface area contributed by atoms with Gasteiger partial charge in [0, 0.05) is 43.9 Å². The van der Waals surface area contributed by atoms with E-state index in [1.54, 1.807) is 12.1 Å². The number of alkyl halides is 2. The van der Waals surface area contributed by atoms with Crippen LogP contribution in [0.4, 0.5) is 8.78 Å². The van der Waals surface area contributed by atoms with Crippen molar-refractivity contribution >= 4 is 5.96 Å². The number of ether oxygens (including phenoxy) is 2. The fourth-order valence-electron chi connectivity index (χ4n) is 3.29. The highest BCUT2D eigenvalue weighted by molar-refractivity contribution is 5.80. The van der Waals surface area contributed by atoms with Gasteiger partial charge in [0.25, 0.3) is 0 Å². The van der Waals surface area contributed by atoms with Crippen LogP contribution in [0.3, 0.4) is 0 Å². The molecular weight excluding hydrogens is 378 g/mol. The molecule has 1 aromatic rings. The first-order valence-corrected chi connectivity index (χ1v) is 9.94. The number of guanidine groups is 1. The Kier molecular flexibility index (Phi) is 9.18. The molecule has 2 N–H and O–H groups in total. The Morgan fingerprint density at radius 2 is 2.07 bits per heavy atom. The lowest BCUT2D eigenvalue weighted by atomic mass is 10.0. The minimum absolute atomic E-state index is 0.0760. The predicted octanol–water partition coefficient (Wildman–Crippen LogP) is 3.39. The number of hydrogen-bond donors (Lipinski definition) is 2. The topological polar surface area (TPSA) is 58.1 Å². The fourth-order valence-corrected chi connectivity index (χ4v) is 3.29. The molecule has 29 heavy (non-hydrogen) atoms. The number of hydrogen-bond acceptors (Lipinski definition) is 4. The van der Waals surface area contributed by atoms with E-state index in [1.807, 2.05) is 13.8 Å². The molecule has 1 saturated heterocycles. The number of benzene rings is 1. The summed E-state index contributed by atoms with van der Waals surface area (Å²) < 4.78 is 35.2. The summed E-state index contributed by atoms with van der Waals surface area (Å²) in [6.07, 6.45) is 2.03. The van der Waals surface area contributed by atoms with E-state index in [0.29, 0.717) is 29.9 Å². The van der Waals surface area contributed by atoms with Gasteiger partial charge in [-0.15, -0.1) is 0 Å². The second-order valence-corrected chi connectivity index (χ2v) is 7.20. The second kappa shape index (κ2) is 11.6. The first kappa shape index (κ1) is 22.9. The van der Waals surface area contributed by atoms with Crippen LogP contribution in [0.25, 0.3) is 0 Å². The van der Waals surface area contributed by atoms with Crippen molar-refractivity contribution in [1.82, 2.24) is 15.5 Å². The van der Waals surface area contributed by atoms with Crippen molar-refractivity contribution in [2.75, 3.05) is 33.3 Å². The van der Waals surface area contributed by atoms with Crippen LogP contribution < -0.4 is 20.1 Å². The van der Waals surface area contributed by atoms with Crippen LogP contribution in [0.1, 0.15) is 32.3 Å². The maximum atomic E-state index is 12.7. The Labute approximate surface area is 172 Å². The Bertz CT molecular complexity index is 689. The fraction of sp³-hybridized carbons (Fsp3) is 0.571. The van der Waals surface area contributed by atoms with Crippen LogP contribution >= 0.6 is 0 Å². The van der Waals surface area contributed by atoms with Crippen LogP contribution in [0.15, 0.2) is 35.3 Å². The highest BCUT2D eigenvalue weighted by Gasteiger charge is 2.20. The maximum Gasteiger partial charge on any atom is 0.387 e. The number of nitrogens with zero attached hydrogens (tertiary/aromatic N) is 2. The maximum absolute atomic E-state index is 12.7. The predicted molar refractivity (Wildman–Crippen MR) is 112 cm³/mol. The number of nitrogens with one attached hydrogen (secondary N) is 2. The normalized spacial score (nSPS) is 16.0. The highest BCUT2D eigenvalue weighted by atomic mass is 19.3. The van der Waals surface area contributed by atoms with Crippen LogP contribution in [0.5, 0.6) is 11.5 Å². The third kappa shape index (κ3) is 7.89. The van der Waals surface area contributed by atoms with Gasteiger partial charge in [-0.3, -0.25) is 4.90 Å². The van der Waals surface area contributed by atoms with Crippen molar-refractivity contribution < 1.29 is 18.3 Å². The van der Waals surface area contributed by atoms with Crippen molar-refractivity contribution in [1.29, 1.82) is 0 Å². The molecule has 0 atom stereocenters. The molecular formula is C21H32F2N4O2. The molecule has 1 fully saturated rings. The Balaban J connectivity index is 2.01. The minimum atomic E-state index is -2.90. The number of halogens is 2. The van der Waals surface area contributed by atoms with E-state index in [-0.39, 0.29) is 12.3 Å². The van der Waals surface area contributed by atoms with E-state index < -0.39 is 6.61 Å². The van der Waals surface area contributed by atoms with Gasteiger partial charge in [-0.25, -0.2) is 4.99 Å². The van der Waals surface area contributed by atoms with E-state index in [9.17, 15) is 8.78 Å². The van der Waals surface area contributed by atoms with Gasteiger partial charge < -0.3 is 20.1 Å². The molecule has 0 bridgehead atoms. The SMILES string of the molecule is C=C(C)CN1CCC(NC(=NCc2ccc(OC)cc2OC(F)F)NCC)CC1. The molecule has 1 aliphatic heterocycles. The monoisotopic (exact) mass is 410 g/mol. The smallest absolute Gasteiger partial charge is 0.387 e. The largest absolute Gasteiger partial charge is 0.497 e. The van der Waals surface area contributed by atoms with Gasteiger partial charge in [0.2, 0.25) is 0 Å². The van der Waals surface area contributed by atoms with Crippen molar-refractivity contribution in [3.05, 3.63) is 35.9 Å². The molecule has 0 radical (unpaired) electrons. The van der Waals surface area contributed by atoms with Crippen molar-refractivity contribution in [3.63, 3.8) is 0 Å². The lowest BCUT2D eigenvalue weighted by Crippen LogP contribution is -2.48. The highest BCUT2D eigenvalue weighted by Crippen LogP contribution is 2.27. The molecule has 1 aromatic carbocycles. The van der Waals surface area contributed by atoms with Gasteiger partial charge in [0.1, 0.15) is 11.5 Å². The van der Waals surface area contributed by atoms with Gasteiger partial charge in [0.05, 0.1) is 13.7 Å². The first-order chi connectivity index (χ1) is 13.9. The van der Waals surface area contributed by atoms with Gasteiger partial charge >= 0.3 is 6.61 Å². The summed E-state index contributed by atoms with van der Waals surface area (Å²) in [5.74, 6) is 1.21. The van der Waals surface area contributed by atoms with Gasteiger partial charge in [-0.2, -0.15) is 8.78 Å². The molecule has 1 heterocycles. The number of methoxy groups -OCH3 is 1. The second-order valence-electron chi connectivity index (χ2n) is 7.20. The average Bonchev–Trinajstić information content (AvgIpc) is 2.67. The Hall–Kier alpha value is -2.35. The van der Waals surface area contributed by atoms with Crippen molar-refractivity contribution in [2.45, 2.75) is 45.9 Å². The Morgan fingerprint density at radius 3 is 2.66 bits per heavy atom. The summed E-state index contributed by atoms with van der Waals surface area (Å²) in [6.45, 7) is 9.00. The first-order valence-electron chi connectivity index (χ1n) is 9.94. The number of piperidine rings is 1. The third-order valence-corrected chi connectivity index (χ3v) is 4.66. The molecule has 0 amide bonds. The van der Waals surface area contributed by atoms with Gasteiger partial charge in [-0.1, -0.05) is 12.2 Å². The molecule has 1 aliphatic rings. The van der Waals surface area contributed by atoms with Crippen LogP contribution in [0, 0.1) is 0 Å². The lowest BCUT2D eigenvalue weighted by Gasteiger charge is -2.33. The summed E-state index contributed by atoms with van der Waals surface area (Å²) in [4.78, 5) is 6.97. The zero-order valence-electron chi connectivity index (χ0n) is 17.5. The zero-order chi connectivity index (χ0) is 21.2. The molecule has 8 heteroatoms. The van der Waals surface area contributed by atoms with E-state index in [1.165, 1.54) is 18.7 Å². The Morgan fingerprint density at radius 1 is 1.34 bits per heavy atom. The summed E-state index contributed by atoms with van der Waals surface area (Å²) in [5.41, 5.74) is 1.74. The molecule has 0 unspecified atom stereocenters. The van der Waals surface area contributed by atoms with Crippen molar-refractivity contribution in [3.8, 4) is 11.5 Å². The molecule has 162 valence electrons. The van der Waals surface area contributed by atoms with Gasteiger partial charge in [-0.05, 0) is 38.8 Å². The standard InChI is InChI=1S/C21H32F2N4O2/c1-5-24-21(26-17-8-10-27(11-9-17)14-15(2)3)25-13-16-6-7-18(28-4)12-19(16)29-20(22)23/h6-7,12,17,20H,2,5,8-11,13-14H2,1,3-4H3,(H2,24,25,26). The summed E-state index contributed by atoms with van der Waals surface area (Å²) in [7, 11) is 1.48. The zero-order valence-corrected chi connectivity index (χ0v) is 17.5. The molecule has 0 aromatic heterocycles.